The number of anilines is 1. The van der Waals surface area contributed by atoms with Crippen LogP contribution in [0, 0.1) is 0 Å². The number of hydrogen-bond acceptors (Lipinski definition) is 7. The number of hydrogen-bond donors (Lipinski definition) is 0. The van der Waals surface area contributed by atoms with Crippen molar-refractivity contribution < 1.29 is 13.9 Å². The summed E-state index contributed by atoms with van der Waals surface area (Å²) in [6.45, 7) is 2.59. The van der Waals surface area contributed by atoms with E-state index in [0.717, 1.165) is 21.7 Å². The summed E-state index contributed by atoms with van der Waals surface area (Å²) in [6.07, 6.45) is 1.96. The zero-order valence-corrected chi connectivity index (χ0v) is 17.6. The van der Waals surface area contributed by atoms with Crippen molar-refractivity contribution in [2.75, 3.05) is 31.2 Å². The maximum atomic E-state index is 12.5. The number of morpholine rings is 1. The molecule has 0 radical (unpaired) electrons. The molecule has 3 heterocycles. The first-order valence-electron chi connectivity index (χ1n) is 10.1. The first kappa shape index (κ1) is 20.0. The SMILES string of the molecule is O=BC=Nc1ccc(-c2cc(=O)cc(N3CCOCC3)o2)c2c1Cc1ccccc1S2. The normalized spacial score (nSPS) is 15.4. The van der Waals surface area contributed by atoms with Crippen molar-refractivity contribution >= 4 is 36.6 Å². The Kier molecular flexibility index (Phi) is 5.57. The van der Waals surface area contributed by atoms with Gasteiger partial charge in [0.05, 0.1) is 0 Å². The van der Waals surface area contributed by atoms with E-state index >= 15 is 0 Å². The molecule has 0 bridgehead atoms. The molecule has 0 N–H and O–H groups in total. The van der Waals surface area contributed by atoms with Crippen molar-refractivity contribution in [3.8, 4) is 11.3 Å². The van der Waals surface area contributed by atoms with Crippen LogP contribution in [0.3, 0.4) is 0 Å². The molecule has 3 aromatic rings. The Balaban J connectivity index is 1.64. The molecule has 154 valence electrons. The second kappa shape index (κ2) is 8.65. The summed E-state index contributed by atoms with van der Waals surface area (Å²) in [7, 11) is 0.676. The first-order chi connectivity index (χ1) is 15.2. The van der Waals surface area contributed by atoms with E-state index in [1.807, 2.05) is 29.2 Å². The van der Waals surface area contributed by atoms with Gasteiger partial charge in [-0.15, -0.1) is 0 Å². The minimum absolute atomic E-state index is 0.0965. The monoisotopic (exact) mass is 430 g/mol. The average Bonchev–Trinajstić information content (AvgIpc) is 2.81. The van der Waals surface area contributed by atoms with Crippen LogP contribution in [0.1, 0.15) is 11.1 Å². The van der Waals surface area contributed by atoms with Gasteiger partial charge in [0.2, 0.25) is 0 Å². The van der Waals surface area contributed by atoms with Gasteiger partial charge in [-0.3, -0.25) is 0 Å². The van der Waals surface area contributed by atoms with Crippen LogP contribution in [0.15, 0.2) is 72.5 Å². The third-order valence-corrected chi connectivity index (χ3v) is 6.69. The van der Waals surface area contributed by atoms with Crippen molar-refractivity contribution in [1.82, 2.24) is 0 Å². The van der Waals surface area contributed by atoms with Gasteiger partial charge in [-0.1, -0.05) is 0 Å². The summed E-state index contributed by atoms with van der Waals surface area (Å²) in [4.78, 5) is 21.0. The molecule has 0 unspecified atom stereocenters. The fraction of sp³-hybridized carbons (Fsp3) is 0.217. The molecule has 0 aliphatic carbocycles. The van der Waals surface area contributed by atoms with Gasteiger partial charge < -0.3 is 4.74 Å². The van der Waals surface area contributed by atoms with E-state index in [1.165, 1.54) is 28.7 Å². The van der Waals surface area contributed by atoms with Crippen molar-refractivity contribution in [2.24, 2.45) is 4.99 Å². The first-order valence-corrected chi connectivity index (χ1v) is 10.9. The molecule has 2 aliphatic rings. The molecule has 5 rings (SSSR count). The van der Waals surface area contributed by atoms with E-state index in [1.54, 1.807) is 11.8 Å². The molecule has 1 aromatic heterocycles. The van der Waals surface area contributed by atoms with Gasteiger partial charge in [0.1, 0.15) is 0 Å². The predicted molar refractivity (Wildman–Crippen MR) is 121 cm³/mol. The third kappa shape index (κ3) is 4.01. The number of ether oxygens (including phenoxy) is 1. The van der Waals surface area contributed by atoms with Gasteiger partial charge in [-0.2, -0.15) is 0 Å². The molecule has 1 saturated heterocycles. The van der Waals surface area contributed by atoms with Crippen LogP contribution < -0.4 is 10.3 Å². The summed E-state index contributed by atoms with van der Waals surface area (Å²) < 4.78 is 22.5. The number of aliphatic imine (C=N–C) groups is 1. The molecular formula is C23H19BN2O4S. The van der Waals surface area contributed by atoms with Gasteiger partial charge in [-0.05, 0) is 0 Å². The van der Waals surface area contributed by atoms with Crippen LogP contribution in [0.25, 0.3) is 11.3 Å². The van der Waals surface area contributed by atoms with Gasteiger partial charge in [0.15, 0.2) is 0 Å². The van der Waals surface area contributed by atoms with Gasteiger partial charge in [-0.25, -0.2) is 0 Å². The minimum atomic E-state index is -0.0965. The summed E-state index contributed by atoms with van der Waals surface area (Å²) in [6, 6.07) is 15.1. The van der Waals surface area contributed by atoms with Crippen molar-refractivity contribution in [1.29, 1.82) is 0 Å². The molecule has 8 heteroatoms. The summed E-state index contributed by atoms with van der Waals surface area (Å²) in [5, 5.41) is 0. The fourth-order valence-electron chi connectivity index (χ4n) is 3.92. The van der Waals surface area contributed by atoms with Crippen molar-refractivity contribution in [2.45, 2.75) is 16.2 Å². The molecular weight excluding hydrogens is 411 g/mol. The second-order valence-corrected chi connectivity index (χ2v) is 8.39. The molecule has 0 spiro atoms. The van der Waals surface area contributed by atoms with Crippen molar-refractivity contribution in [3.63, 3.8) is 0 Å². The topological polar surface area (TPSA) is 72.1 Å². The standard InChI is InChI=1S/C23H19BN2O4S/c27-16-12-20(30-22(13-16)26-7-9-29-10-8-26)17-5-6-19(25-14-24-28)18-11-15-3-1-2-4-21(15)31-23(17)18/h1-6,12-14H,7-11H2. The van der Waals surface area contributed by atoms with Gasteiger partial charge in [0, 0.05) is 0 Å². The predicted octanol–water partition coefficient (Wildman–Crippen LogP) is 3.91. The molecule has 2 aliphatic heterocycles. The van der Waals surface area contributed by atoms with E-state index in [2.05, 4.69) is 17.1 Å². The second-order valence-electron chi connectivity index (χ2n) is 7.34. The molecule has 0 atom stereocenters. The molecule has 6 nitrogen and oxygen atoms in total. The van der Waals surface area contributed by atoms with E-state index in [0.29, 0.717) is 51.5 Å². The molecule has 0 saturated carbocycles. The Hall–Kier alpha value is -2.97. The van der Waals surface area contributed by atoms with Crippen LogP contribution >= 0.6 is 11.8 Å². The summed E-state index contributed by atoms with van der Waals surface area (Å²) >= 11 is 1.64. The van der Waals surface area contributed by atoms with Crippen LogP contribution in [0.2, 0.25) is 0 Å². The zero-order chi connectivity index (χ0) is 21.2. The quantitative estimate of drug-likeness (QED) is 0.361. The van der Waals surface area contributed by atoms with E-state index in [-0.39, 0.29) is 5.43 Å². The van der Waals surface area contributed by atoms with Gasteiger partial charge in [0.25, 0.3) is 0 Å². The molecule has 0 amide bonds. The van der Waals surface area contributed by atoms with E-state index in [9.17, 15) is 9.50 Å². The fourth-order valence-corrected chi connectivity index (χ4v) is 5.13. The molecule has 2 aromatic carbocycles. The van der Waals surface area contributed by atoms with Crippen LogP contribution in [0.4, 0.5) is 11.6 Å². The number of nitrogens with zero attached hydrogens (tertiary/aromatic N) is 2. The van der Waals surface area contributed by atoms with E-state index < -0.39 is 0 Å². The Labute approximate surface area is 184 Å². The Bertz CT molecular complexity index is 1230. The van der Waals surface area contributed by atoms with E-state index in [4.69, 9.17) is 9.15 Å². The summed E-state index contributed by atoms with van der Waals surface area (Å²) in [5.74, 6) is 1.09. The molecule has 31 heavy (non-hydrogen) atoms. The van der Waals surface area contributed by atoms with Crippen molar-refractivity contribution in [3.05, 3.63) is 69.9 Å². The summed E-state index contributed by atoms with van der Waals surface area (Å²) in [5.41, 5.74) is 3.74. The van der Waals surface area contributed by atoms with Crippen LogP contribution in [-0.4, -0.2) is 39.6 Å². The maximum absolute atomic E-state index is 12.5. The Morgan fingerprint density at radius 1 is 1.10 bits per heavy atom. The average molecular weight is 430 g/mol. The molecule has 1 fully saturated rings. The van der Waals surface area contributed by atoms with Crippen LogP contribution in [-0.2, 0) is 15.9 Å². The Morgan fingerprint density at radius 3 is 2.77 bits per heavy atom. The number of fused-ring (bicyclic) bond motifs is 2. The zero-order valence-electron chi connectivity index (χ0n) is 16.7. The van der Waals surface area contributed by atoms with Gasteiger partial charge >= 0.3 is 179 Å². The third-order valence-electron chi connectivity index (χ3n) is 5.40. The number of rotatable bonds is 4. The number of benzene rings is 2. The van der Waals surface area contributed by atoms with Crippen LogP contribution in [0.5, 0.6) is 0 Å². The Morgan fingerprint density at radius 2 is 1.94 bits per heavy atom.